The number of anilines is 2. The molecule has 1 saturated carbocycles. The van der Waals surface area contributed by atoms with Crippen molar-refractivity contribution in [2.75, 3.05) is 62.6 Å². The van der Waals surface area contributed by atoms with E-state index in [-0.39, 0.29) is 49.6 Å². The second-order valence-corrected chi connectivity index (χ2v) is 23.6. The van der Waals surface area contributed by atoms with Crippen LogP contribution in [0.4, 0.5) is 15.9 Å². The monoisotopic (exact) mass is 1050 g/mol. The molecule has 4 amide bonds. The number of likely N-dealkylation sites (tertiary alicyclic amines) is 2. The molecule has 5 heterocycles. The summed E-state index contributed by atoms with van der Waals surface area (Å²) in [6.07, 6.45) is 6.96. The van der Waals surface area contributed by atoms with Gasteiger partial charge in [0.2, 0.25) is 17.7 Å². The van der Waals surface area contributed by atoms with Gasteiger partial charge in [-0.1, -0.05) is 69.3 Å². The zero-order chi connectivity index (χ0) is 51.4. The van der Waals surface area contributed by atoms with E-state index in [0.29, 0.717) is 47.6 Å². The molecular formula is C52H68ClFN10O6S2. The van der Waals surface area contributed by atoms with Crippen LogP contribution in [0.25, 0.3) is 10.4 Å². The second-order valence-electron chi connectivity index (χ2n) is 21.3. The predicted octanol–water partition coefficient (Wildman–Crippen LogP) is 7.01. The predicted molar refractivity (Wildman–Crippen MR) is 279 cm³/mol. The lowest BCUT2D eigenvalue weighted by Gasteiger charge is -2.39. The first-order chi connectivity index (χ1) is 34.3. The maximum absolute atomic E-state index is 14.7. The summed E-state index contributed by atoms with van der Waals surface area (Å²) in [6, 6.07) is 9.32. The van der Waals surface area contributed by atoms with E-state index in [4.69, 9.17) is 22.1 Å². The molecule has 0 spiro atoms. The van der Waals surface area contributed by atoms with E-state index in [9.17, 15) is 28.7 Å². The minimum absolute atomic E-state index is 0.0215. The third kappa shape index (κ3) is 13.1. The summed E-state index contributed by atoms with van der Waals surface area (Å²) in [5, 5.41) is 20.5. The topological polar surface area (TPSA) is 208 Å². The number of hydrogen-bond acceptors (Lipinski definition) is 14. The second kappa shape index (κ2) is 22.7. The van der Waals surface area contributed by atoms with Gasteiger partial charge >= 0.3 is 0 Å². The third-order valence-electron chi connectivity index (χ3n) is 14.6. The lowest BCUT2D eigenvalue weighted by Crippen LogP contribution is -2.59. The van der Waals surface area contributed by atoms with Gasteiger partial charge in [0.25, 0.3) is 5.91 Å². The molecule has 0 bridgehead atoms. The summed E-state index contributed by atoms with van der Waals surface area (Å²) >= 11 is 9.78. The molecule has 2 aromatic heterocycles. The Bertz CT molecular complexity index is 2580. The van der Waals surface area contributed by atoms with Crippen LogP contribution in [0.3, 0.4) is 0 Å². The lowest BCUT2D eigenvalue weighted by molar-refractivity contribution is -0.145. The van der Waals surface area contributed by atoms with Gasteiger partial charge in [0, 0.05) is 56.0 Å². The van der Waals surface area contributed by atoms with Crippen molar-refractivity contribution in [3.63, 3.8) is 0 Å². The number of nitrogens with zero attached hydrogens (tertiary/aromatic N) is 6. The number of carbonyl (C=O) groups is 4. The van der Waals surface area contributed by atoms with Crippen LogP contribution in [0.5, 0.6) is 5.75 Å². The van der Waals surface area contributed by atoms with E-state index >= 15 is 0 Å². The van der Waals surface area contributed by atoms with E-state index in [1.807, 2.05) is 43.3 Å². The number of aryl methyl sites for hydroxylation is 1. The van der Waals surface area contributed by atoms with Crippen LogP contribution in [0.1, 0.15) is 90.3 Å². The van der Waals surface area contributed by atoms with Gasteiger partial charge in [0.1, 0.15) is 35.3 Å². The molecule has 6 N–H and O–H groups in total. The van der Waals surface area contributed by atoms with E-state index in [2.05, 4.69) is 47.6 Å². The molecule has 20 heteroatoms. The average molecular weight is 1050 g/mol. The molecule has 2 aromatic carbocycles. The van der Waals surface area contributed by atoms with Crippen LogP contribution in [0.15, 0.2) is 64.2 Å². The summed E-state index contributed by atoms with van der Waals surface area (Å²) in [7, 11) is 0. The number of aliphatic hydroxyl groups excluding tert-OH is 1. The number of thiazole rings is 1. The Hall–Kier alpha value is -4.92. The van der Waals surface area contributed by atoms with Gasteiger partial charge in [-0.2, -0.15) is 0 Å². The Morgan fingerprint density at radius 2 is 1.79 bits per heavy atom. The number of piperidine rings is 2. The van der Waals surface area contributed by atoms with Gasteiger partial charge in [-0.05, 0) is 106 Å². The number of halogens is 2. The number of nitrogens with two attached hydrogens (primary N) is 1. The Labute approximate surface area is 434 Å². The van der Waals surface area contributed by atoms with Gasteiger partial charge in [0.05, 0.1) is 45.3 Å². The number of nitrogens with one attached hydrogen (secondary N) is 3. The van der Waals surface area contributed by atoms with Crippen molar-refractivity contribution in [1.82, 2.24) is 35.4 Å². The molecule has 1 aliphatic carbocycles. The number of aromatic nitrogens is 3. The van der Waals surface area contributed by atoms with E-state index in [1.165, 1.54) is 28.0 Å². The number of aliphatic hydroxyl groups is 1. The zero-order valence-electron chi connectivity index (χ0n) is 41.8. The van der Waals surface area contributed by atoms with Crippen LogP contribution in [-0.4, -0.2) is 130 Å². The lowest BCUT2D eigenvalue weighted by atomic mass is 9.80. The third-order valence-corrected chi connectivity index (χ3v) is 17.1. The first kappa shape index (κ1) is 53.4. The highest BCUT2D eigenvalue weighted by Gasteiger charge is 2.53. The van der Waals surface area contributed by atoms with Crippen molar-refractivity contribution in [2.24, 2.45) is 22.5 Å². The van der Waals surface area contributed by atoms with Crippen molar-refractivity contribution in [1.29, 1.82) is 0 Å². The Kier molecular flexibility index (Phi) is 16.8. The highest BCUT2D eigenvalue weighted by Crippen LogP contribution is 2.41. The van der Waals surface area contributed by atoms with E-state index < -0.39 is 47.0 Å². The number of carbonyl (C=O) groups excluding carboxylic acids is 4. The van der Waals surface area contributed by atoms with Gasteiger partial charge in [-0.15, -0.1) is 11.3 Å². The summed E-state index contributed by atoms with van der Waals surface area (Å²) in [5.41, 5.74) is 8.31. The number of rotatable bonds is 18. The summed E-state index contributed by atoms with van der Waals surface area (Å²) in [6.45, 7) is 14.6. The van der Waals surface area contributed by atoms with Gasteiger partial charge in [0.15, 0.2) is 5.67 Å². The van der Waals surface area contributed by atoms with Crippen LogP contribution < -0.4 is 31.3 Å². The molecule has 8 rings (SSSR count). The summed E-state index contributed by atoms with van der Waals surface area (Å²) in [5.74, 6) is -0.263. The Morgan fingerprint density at radius 1 is 1.04 bits per heavy atom. The smallest absolute Gasteiger partial charge is 0.258 e. The number of benzene rings is 2. The quantitative estimate of drug-likeness (QED) is 0.0681. The first-order valence-electron chi connectivity index (χ1n) is 25.0. The standard InChI is InChI=1S/C52H68ClFN10O6S2/c1-32-45(71-31-59-32)34-9-10-35(26-58-47(67)38-25-36(65)29-64(38)48(68)46(50(2,3)4)61-49(69)52(54)13-14-52)39(24-34)70-22-21-62-17-11-33(12-18-62)23-42(66)60-37-7-6-8-40(44(37)53)72-43-28-56-41(27-57-43)63-19-15-51(5,30-55)16-20-63/h6-10,24,27-28,31,33,36,38,46,65H,11-23,25-26,29-30,55H2,1-5H3,(H,58,67)(H,60,66)(H,61,69)/t36?,38?,46-/m1/s1. The van der Waals surface area contributed by atoms with Crippen molar-refractivity contribution >= 4 is 69.8 Å². The van der Waals surface area contributed by atoms with E-state index in [0.717, 1.165) is 84.3 Å². The maximum Gasteiger partial charge on any atom is 0.258 e. The molecule has 3 saturated heterocycles. The number of hydrogen-bond donors (Lipinski definition) is 5. The molecular weight excluding hydrogens is 979 g/mol. The Morgan fingerprint density at radius 3 is 2.44 bits per heavy atom. The molecule has 4 aromatic rings. The maximum atomic E-state index is 14.7. The van der Waals surface area contributed by atoms with Gasteiger partial charge in [-0.25, -0.2) is 19.3 Å². The summed E-state index contributed by atoms with van der Waals surface area (Å²) < 4.78 is 21.2. The molecule has 4 aliphatic rings. The van der Waals surface area contributed by atoms with Crippen LogP contribution in [-0.2, 0) is 25.7 Å². The summed E-state index contributed by atoms with van der Waals surface area (Å²) in [4.78, 5) is 75.4. The molecule has 2 unspecified atom stereocenters. The molecule has 388 valence electrons. The largest absolute Gasteiger partial charge is 0.492 e. The fourth-order valence-electron chi connectivity index (χ4n) is 9.54. The number of β-amino-alcohol motifs (C(OH)–C–C–N with tert-alkyl or cyclic N) is 1. The van der Waals surface area contributed by atoms with Crippen LogP contribution in [0, 0.1) is 23.7 Å². The Balaban J connectivity index is 0.819. The number of alkyl halides is 1. The molecule has 4 fully saturated rings. The van der Waals surface area contributed by atoms with Gasteiger partial charge in [-0.3, -0.25) is 24.1 Å². The van der Waals surface area contributed by atoms with Crippen molar-refractivity contribution < 1.29 is 33.4 Å². The number of ether oxygens (including phenoxy) is 1. The number of amides is 4. The highest BCUT2D eigenvalue weighted by molar-refractivity contribution is 7.99. The molecule has 16 nitrogen and oxygen atoms in total. The minimum atomic E-state index is -1.98. The molecule has 3 aliphatic heterocycles. The molecule has 0 radical (unpaired) electrons. The SMILES string of the molecule is Cc1ncsc1-c1ccc(CNC(=O)C2CC(O)CN2C(=O)[C@@H](NC(=O)C2(F)CC2)C(C)(C)C)c(OCCN2CCC(CC(=O)Nc3cccc(Sc4cnc(N5CCC(C)(CN)CC5)cn4)c3Cl)CC2)c1. The van der Waals surface area contributed by atoms with Crippen molar-refractivity contribution in [3.05, 3.63) is 70.6 Å². The van der Waals surface area contributed by atoms with Gasteiger partial charge < -0.3 is 41.3 Å². The average Bonchev–Trinajstić information content (AvgIpc) is 3.76. The molecule has 72 heavy (non-hydrogen) atoms. The fraction of sp³-hybridized carbons (Fsp3) is 0.558. The highest BCUT2D eigenvalue weighted by atomic mass is 35.5. The van der Waals surface area contributed by atoms with Crippen LogP contribution >= 0.6 is 34.7 Å². The first-order valence-corrected chi connectivity index (χ1v) is 27.1. The molecule has 3 atom stereocenters. The zero-order valence-corrected chi connectivity index (χ0v) is 44.2. The fourth-order valence-corrected chi connectivity index (χ4v) is 11.4. The van der Waals surface area contributed by atoms with Crippen molar-refractivity contribution in [3.8, 4) is 16.2 Å². The van der Waals surface area contributed by atoms with Crippen LogP contribution in [0.2, 0.25) is 5.02 Å². The van der Waals surface area contributed by atoms with E-state index in [1.54, 1.807) is 38.7 Å². The normalized spacial score (nSPS) is 20.5. The minimum Gasteiger partial charge on any atom is -0.492 e. The van der Waals surface area contributed by atoms with Crippen molar-refractivity contribution in [2.45, 2.75) is 126 Å².